The maximum atomic E-state index is 13.1. The summed E-state index contributed by atoms with van der Waals surface area (Å²) in [4.78, 5) is 36.7. The minimum atomic E-state index is -4.94. The molecule has 1 heterocycles. The first-order valence-corrected chi connectivity index (χ1v) is 9.67. The highest BCUT2D eigenvalue weighted by molar-refractivity contribution is 6.34. The predicted molar refractivity (Wildman–Crippen MR) is 110 cm³/mol. The van der Waals surface area contributed by atoms with E-state index in [1.165, 1.54) is 12.1 Å². The summed E-state index contributed by atoms with van der Waals surface area (Å²) in [5, 5.41) is 5.96. The van der Waals surface area contributed by atoms with Gasteiger partial charge in [-0.3, -0.25) is 14.3 Å². The molecule has 8 nitrogen and oxygen atoms in total. The van der Waals surface area contributed by atoms with Crippen molar-refractivity contribution in [3.05, 3.63) is 45.6 Å². The summed E-state index contributed by atoms with van der Waals surface area (Å²) < 4.78 is 44.8. The maximum absolute atomic E-state index is 13.1. The molecule has 3 N–H and O–H groups in total. The van der Waals surface area contributed by atoms with Gasteiger partial charge in [0.05, 0.1) is 5.02 Å². The topological polar surface area (TPSA) is 116 Å². The van der Waals surface area contributed by atoms with Gasteiger partial charge in [-0.1, -0.05) is 38.4 Å². The second-order valence-electron chi connectivity index (χ2n) is 7.98. The number of ether oxygens (including phenoxy) is 1. The minimum absolute atomic E-state index is 0.0165. The van der Waals surface area contributed by atoms with Gasteiger partial charge in [0.25, 0.3) is 0 Å². The van der Waals surface area contributed by atoms with Gasteiger partial charge in [-0.15, -0.1) is 0 Å². The zero-order valence-corrected chi connectivity index (χ0v) is 18.5. The molecule has 0 radical (unpaired) electrons. The van der Waals surface area contributed by atoms with Crippen LogP contribution in [0.25, 0.3) is 0 Å². The summed E-state index contributed by atoms with van der Waals surface area (Å²) in [5.74, 6) is -2.95. The minimum Gasteiger partial charge on any atom is -0.454 e. The van der Waals surface area contributed by atoms with Crippen LogP contribution in [-0.4, -0.2) is 34.0 Å². The van der Waals surface area contributed by atoms with E-state index < -0.39 is 47.0 Å². The number of nitrogens with zero attached hydrogens (tertiary/aromatic N) is 2. The fraction of sp³-hybridized carbons (Fsp3) is 0.400. The lowest BCUT2D eigenvalue weighted by Gasteiger charge is -2.18. The SMILES string of the molecule is Cn1nc(C(F)(F)F)c(C(=O)OCC(=O)c2cc(CNC(=O)C(C)(C)C)ccc2Cl)c1N. The van der Waals surface area contributed by atoms with Crippen molar-refractivity contribution < 1.29 is 32.3 Å². The first-order chi connectivity index (χ1) is 14.6. The summed E-state index contributed by atoms with van der Waals surface area (Å²) in [7, 11) is 1.14. The van der Waals surface area contributed by atoms with E-state index in [1.54, 1.807) is 26.8 Å². The molecule has 0 unspecified atom stereocenters. The van der Waals surface area contributed by atoms with Crippen molar-refractivity contribution in [3.8, 4) is 0 Å². The molecule has 0 spiro atoms. The van der Waals surface area contributed by atoms with Gasteiger partial charge in [0.2, 0.25) is 11.7 Å². The Kier molecular flexibility index (Phi) is 7.23. The Morgan fingerprint density at radius 3 is 2.41 bits per heavy atom. The third-order valence-electron chi connectivity index (χ3n) is 4.36. The number of hydrogen-bond donors (Lipinski definition) is 2. The molecule has 2 aromatic rings. The van der Waals surface area contributed by atoms with Gasteiger partial charge >= 0.3 is 12.1 Å². The van der Waals surface area contributed by atoms with E-state index in [1.807, 2.05) is 0 Å². The number of rotatable bonds is 6. The Bertz CT molecular complexity index is 1060. The molecule has 0 aliphatic carbocycles. The predicted octanol–water partition coefficient (Wildman–Crippen LogP) is 3.38. The van der Waals surface area contributed by atoms with Crippen LogP contribution in [0.2, 0.25) is 5.02 Å². The number of aryl methyl sites for hydroxylation is 1. The fourth-order valence-corrected chi connectivity index (χ4v) is 2.78. The van der Waals surface area contributed by atoms with E-state index in [0.717, 1.165) is 7.05 Å². The second kappa shape index (κ2) is 9.19. The molecule has 0 aliphatic rings. The zero-order chi connectivity index (χ0) is 24.4. The summed E-state index contributed by atoms with van der Waals surface area (Å²) in [5.41, 5.74) is 2.95. The molecule has 32 heavy (non-hydrogen) atoms. The molecule has 1 aromatic heterocycles. The number of alkyl halides is 3. The number of Topliss-reactive ketones (excluding diaryl/α,β-unsaturated/α-hetero) is 1. The number of carbonyl (C=O) groups excluding carboxylic acids is 3. The summed E-state index contributed by atoms with van der Waals surface area (Å²) >= 11 is 6.04. The van der Waals surface area contributed by atoms with Crippen LogP contribution in [0.1, 0.15) is 52.7 Å². The quantitative estimate of drug-likeness (QED) is 0.489. The molecule has 0 saturated heterocycles. The van der Waals surface area contributed by atoms with E-state index >= 15 is 0 Å². The first kappa shape index (κ1) is 25.2. The van der Waals surface area contributed by atoms with Crippen LogP contribution in [0.3, 0.4) is 0 Å². The van der Waals surface area contributed by atoms with E-state index in [0.29, 0.717) is 10.2 Å². The largest absolute Gasteiger partial charge is 0.454 e. The van der Waals surface area contributed by atoms with Crippen LogP contribution in [0.5, 0.6) is 0 Å². The van der Waals surface area contributed by atoms with Gasteiger partial charge in [0.15, 0.2) is 12.3 Å². The Hall–Kier alpha value is -3.08. The van der Waals surface area contributed by atoms with Crippen molar-refractivity contribution in [2.75, 3.05) is 12.3 Å². The Morgan fingerprint density at radius 2 is 1.84 bits per heavy atom. The molecule has 0 bridgehead atoms. The molecular weight excluding hydrogens is 453 g/mol. The van der Waals surface area contributed by atoms with Gasteiger partial charge in [-0.05, 0) is 17.7 Å². The highest BCUT2D eigenvalue weighted by atomic mass is 35.5. The number of ketones is 1. The zero-order valence-electron chi connectivity index (χ0n) is 17.8. The molecular formula is C20H22ClF3N4O4. The van der Waals surface area contributed by atoms with Crippen LogP contribution >= 0.6 is 11.6 Å². The van der Waals surface area contributed by atoms with E-state index in [-0.39, 0.29) is 23.0 Å². The number of aromatic nitrogens is 2. The van der Waals surface area contributed by atoms with Crippen molar-refractivity contribution in [3.63, 3.8) is 0 Å². The monoisotopic (exact) mass is 474 g/mol. The van der Waals surface area contributed by atoms with E-state index in [9.17, 15) is 27.6 Å². The number of carbonyl (C=O) groups is 3. The molecule has 12 heteroatoms. The van der Waals surface area contributed by atoms with Crippen LogP contribution in [0.4, 0.5) is 19.0 Å². The summed E-state index contributed by atoms with van der Waals surface area (Å²) in [6.45, 7) is 4.47. The van der Waals surface area contributed by atoms with Crippen molar-refractivity contribution >= 4 is 35.1 Å². The number of amides is 1. The van der Waals surface area contributed by atoms with Crippen LogP contribution in [-0.2, 0) is 29.3 Å². The highest BCUT2D eigenvalue weighted by Gasteiger charge is 2.41. The van der Waals surface area contributed by atoms with Crippen LogP contribution < -0.4 is 11.1 Å². The Labute approximate surface area is 186 Å². The molecule has 0 atom stereocenters. The van der Waals surface area contributed by atoms with Crippen LogP contribution in [0.15, 0.2) is 18.2 Å². The highest BCUT2D eigenvalue weighted by Crippen LogP contribution is 2.33. The summed E-state index contributed by atoms with van der Waals surface area (Å²) in [6.07, 6.45) is -4.94. The van der Waals surface area contributed by atoms with Crippen molar-refractivity contribution in [1.29, 1.82) is 0 Å². The van der Waals surface area contributed by atoms with Crippen molar-refractivity contribution in [2.45, 2.75) is 33.5 Å². The average molecular weight is 475 g/mol. The van der Waals surface area contributed by atoms with Crippen LogP contribution in [0, 0.1) is 5.41 Å². The summed E-state index contributed by atoms with van der Waals surface area (Å²) in [6, 6.07) is 4.43. The van der Waals surface area contributed by atoms with Crippen molar-refractivity contribution in [1.82, 2.24) is 15.1 Å². The molecule has 174 valence electrons. The lowest BCUT2D eigenvalue weighted by Crippen LogP contribution is -2.34. The van der Waals surface area contributed by atoms with E-state index in [2.05, 4.69) is 10.4 Å². The molecule has 0 saturated carbocycles. The fourth-order valence-electron chi connectivity index (χ4n) is 2.56. The smallest absolute Gasteiger partial charge is 0.436 e. The number of halogens is 4. The third-order valence-corrected chi connectivity index (χ3v) is 4.69. The van der Waals surface area contributed by atoms with Gasteiger partial charge in [0, 0.05) is 24.6 Å². The first-order valence-electron chi connectivity index (χ1n) is 9.29. The van der Waals surface area contributed by atoms with Crippen molar-refractivity contribution in [2.24, 2.45) is 12.5 Å². The molecule has 1 aromatic carbocycles. The number of esters is 1. The maximum Gasteiger partial charge on any atom is 0.436 e. The Morgan fingerprint density at radius 1 is 1.22 bits per heavy atom. The average Bonchev–Trinajstić information content (AvgIpc) is 2.99. The lowest BCUT2D eigenvalue weighted by atomic mass is 9.95. The second-order valence-corrected chi connectivity index (χ2v) is 8.38. The normalized spacial score (nSPS) is 11.9. The number of nitrogen functional groups attached to an aromatic ring is 1. The number of nitrogens with two attached hydrogens (primary N) is 1. The third kappa shape index (κ3) is 5.78. The molecule has 0 aliphatic heterocycles. The standard InChI is InChI=1S/C20H22ClF3N4O4/c1-19(2,3)18(31)26-8-10-5-6-12(21)11(7-10)13(29)9-32-17(30)14-15(20(22,23)24)27-28(4)16(14)25/h5-7H,8-9,25H2,1-4H3,(H,26,31). The molecule has 1 amide bonds. The van der Waals surface area contributed by atoms with Gasteiger partial charge in [0.1, 0.15) is 11.4 Å². The molecule has 0 fully saturated rings. The van der Waals surface area contributed by atoms with Gasteiger partial charge < -0.3 is 15.8 Å². The lowest BCUT2D eigenvalue weighted by molar-refractivity contribution is -0.142. The Balaban J connectivity index is 2.14. The van der Waals surface area contributed by atoms with E-state index in [4.69, 9.17) is 22.1 Å². The molecule has 2 rings (SSSR count). The van der Waals surface area contributed by atoms with Gasteiger partial charge in [-0.2, -0.15) is 18.3 Å². The number of hydrogen-bond acceptors (Lipinski definition) is 6. The number of nitrogens with one attached hydrogen (secondary N) is 1. The van der Waals surface area contributed by atoms with Gasteiger partial charge in [-0.25, -0.2) is 4.79 Å². The number of benzene rings is 1. The number of anilines is 1.